The Labute approximate surface area is 192 Å². The highest BCUT2D eigenvalue weighted by Gasteiger charge is 2.17. The highest BCUT2D eigenvalue weighted by Crippen LogP contribution is 2.27. The van der Waals surface area contributed by atoms with Gasteiger partial charge in [-0.3, -0.25) is 9.59 Å². The lowest BCUT2D eigenvalue weighted by Gasteiger charge is -2.22. The molecule has 6 nitrogen and oxygen atoms in total. The molecule has 30 heavy (non-hydrogen) atoms. The van der Waals surface area contributed by atoms with E-state index in [0.717, 1.165) is 16.5 Å². The summed E-state index contributed by atoms with van der Waals surface area (Å²) in [6.07, 6.45) is 0.984. The molecule has 1 N–H and O–H groups in total. The van der Waals surface area contributed by atoms with Gasteiger partial charge in [-0.15, -0.1) is 10.2 Å². The van der Waals surface area contributed by atoms with E-state index in [-0.39, 0.29) is 18.2 Å². The van der Waals surface area contributed by atoms with Crippen molar-refractivity contribution < 1.29 is 9.59 Å². The average Bonchev–Trinajstić information content (AvgIpc) is 3.19. The molecule has 3 aromatic rings. The summed E-state index contributed by atoms with van der Waals surface area (Å²) in [4.78, 5) is 26.9. The highest BCUT2D eigenvalue weighted by atomic mass is 79.9. The quantitative estimate of drug-likeness (QED) is 0.437. The standard InChI is InChI=1S/C21H20BrClN4O2S/c1-2-11-27(20(29)15-4-3-5-16(22)13-15)12-10-18(28)24-21-26-25-19(30-21)14-6-8-17(23)9-7-14/h3-9,13H,2,10-12H2,1H3,(H,24,26,28). The third-order valence-corrected chi connectivity index (χ3v) is 5.86. The van der Waals surface area contributed by atoms with E-state index in [0.29, 0.717) is 33.8 Å². The van der Waals surface area contributed by atoms with Crippen LogP contribution in [0.3, 0.4) is 0 Å². The topological polar surface area (TPSA) is 75.2 Å². The average molecular weight is 508 g/mol. The highest BCUT2D eigenvalue weighted by molar-refractivity contribution is 9.10. The van der Waals surface area contributed by atoms with Crippen LogP contribution < -0.4 is 5.32 Å². The van der Waals surface area contributed by atoms with Gasteiger partial charge in [0.2, 0.25) is 11.0 Å². The lowest BCUT2D eigenvalue weighted by Crippen LogP contribution is -2.34. The Morgan fingerprint density at radius 3 is 2.60 bits per heavy atom. The van der Waals surface area contributed by atoms with Crippen molar-refractivity contribution in [3.05, 3.63) is 63.6 Å². The number of hydrogen-bond donors (Lipinski definition) is 1. The Bertz CT molecular complexity index is 1030. The molecule has 1 heterocycles. The summed E-state index contributed by atoms with van der Waals surface area (Å²) < 4.78 is 0.843. The molecule has 0 fully saturated rings. The van der Waals surface area contributed by atoms with Crippen molar-refractivity contribution in [3.8, 4) is 10.6 Å². The lowest BCUT2D eigenvalue weighted by atomic mass is 10.2. The van der Waals surface area contributed by atoms with Crippen molar-refractivity contribution in [2.75, 3.05) is 18.4 Å². The number of nitrogens with zero attached hydrogens (tertiary/aromatic N) is 3. The molecular formula is C21H20BrClN4O2S. The van der Waals surface area contributed by atoms with Crippen LogP contribution in [0.1, 0.15) is 30.1 Å². The molecule has 0 saturated heterocycles. The second-order valence-corrected chi connectivity index (χ2v) is 8.85. The Morgan fingerprint density at radius 2 is 1.90 bits per heavy atom. The number of carbonyl (C=O) groups excluding carboxylic acids is 2. The minimum Gasteiger partial charge on any atom is -0.338 e. The van der Waals surface area contributed by atoms with Gasteiger partial charge in [0.15, 0.2) is 0 Å². The SMILES string of the molecule is CCCN(CCC(=O)Nc1nnc(-c2ccc(Cl)cc2)s1)C(=O)c1cccc(Br)c1. The molecule has 0 spiro atoms. The van der Waals surface area contributed by atoms with Crippen LogP contribution in [0.25, 0.3) is 10.6 Å². The molecule has 156 valence electrons. The lowest BCUT2D eigenvalue weighted by molar-refractivity contribution is -0.116. The third kappa shape index (κ3) is 6.10. The monoisotopic (exact) mass is 506 g/mol. The zero-order valence-electron chi connectivity index (χ0n) is 16.3. The van der Waals surface area contributed by atoms with E-state index in [4.69, 9.17) is 11.6 Å². The van der Waals surface area contributed by atoms with E-state index in [1.807, 2.05) is 31.2 Å². The normalized spacial score (nSPS) is 10.6. The van der Waals surface area contributed by atoms with Crippen LogP contribution in [0.5, 0.6) is 0 Å². The molecule has 0 aliphatic heterocycles. The predicted octanol–water partition coefficient (Wildman–Crippen LogP) is 5.50. The number of benzene rings is 2. The van der Waals surface area contributed by atoms with Crippen LogP contribution >= 0.6 is 38.9 Å². The number of carbonyl (C=O) groups is 2. The van der Waals surface area contributed by atoms with E-state index in [9.17, 15) is 9.59 Å². The molecule has 3 rings (SSSR count). The maximum absolute atomic E-state index is 12.8. The van der Waals surface area contributed by atoms with Gasteiger partial charge in [0.25, 0.3) is 5.91 Å². The molecule has 0 aliphatic carbocycles. The number of hydrogen-bond acceptors (Lipinski definition) is 5. The first-order chi connectivity index (χ1) is 14.5. The van der Waals surface area contributed by atoms with Crippen molar-refractivity contribution in [2.24, 2.45) is 0 Å². The Balaban J connectivity index is 1.58. The smallest absolute Gasteiger partial charge is 0.253 e. The van der Waals surface area contributed by atoms with Gasteiger partial charge in [-0.1, -0.05) is 64.0 Å². The second-order valence-electron chi connectivity index (χ2n) is 6.52. The Hall–Kier alpha value is -2.29. The minimum absolute atomic E-state index is 0.0908. The fourth-order valence-electron chi connectivity index (χ4n) is 2.79. The van der Waals surface area contributed by atoms with Crippen LogP contribution in [0, 0.1) is 0 Å². The van der Waals surface area contributed by atoms with E-state index >= 15 is 0 Å². The molecule has 0 aliphatic rings. The minimum atomic E-state index is -0.211. The van der Waals surface area contributed by atoms with Crippen LogP contribution in [-0.4, -0.2) is 40.0 Å². The molecule has 0 saturated carbocycles. The van der Waals surface area contributed by atoms with Crippen LogP contribution in [0.2, 0.25) is 5.02 Å². The molecule has 2 aromatic carbocycles. The fraction of sp³-hybridized carbons (Fsp3) is 0.238. The summed E-state index contributed by atoms with van der Waals surface area (Å²) >= 11 is 10.6. The summed E-state index contributed by atoms with van der Waals surface area (Å²) in [6.45, 7) is 2.91. The van der Waals surface area contributed by atoms with E-state index in [1.54, 1.807) is 29.2 Å². The molecule has 0 unspecified atom stereocenters. The molecule has 9 heteroatoms. The van der Waals surface area contributed by atoms with Crippen LogP contribution in [-0.2, 0) is 4.79 Å². The Morgan fingerprint density at radius 1 is 1.13 bits per heavy atom. The van der Waals surface area contributed by atoms with Crippen LogP contribution in [0.15, 0.2) is 53.0 Å². The van der Waals surface area contributed by atoms with Gasteiger partial charge in [0.05, 0.1) is 0 Å². The molecule has 1 aromatic heterocycles. The van der Waals surface area contributed by atoms with Gasteiger partial charge in [-0.25, -0.2) is 0 Å². The number of aromatic nitrogens is 2. The maximum atomic E-state index is 12.8. The van der Waals surface area contributed by atoms with Gasteiger partial charge in [-0.05, 0) is 36.8 Å². The number of anilines is 1. The van der Waals surface area contributed by atoms with Gasteiger partial charge in [-0.2, -0.15) is 0 Å². The number of halogens is 2. The van der Waals surface area contributed by atoms with Gasteiger partial charge in [0.1, 0.15) is 5.01 Å². The molecule has 2 amide bonds. The van der Waals surface area contributed by atoms with E-state index in [2.05, 4.69) is 31.4 Å². The molecule has 0 radical (unpaired) electrons. The second kappa shape index (κ2) is 10.7. The van der Waals surface area contributed by atoms with Crippen molar-refractivity contribution >= 4 is 55.8 Å². The number of amides is 2. The van der Waals surface area contributed by atoms with Gasteiger partial charge in [0, 0.05) is 40.1 Å². The summed E-state index contributed by atoms with van der Waals surface area (Å²) in [5, 5.41) is 12.7. The summed E-state index contributed by atoms with van der Waals surface area (Å²) in [5.41, 5.74) is 1.47. The summed E-state index contributed by atoms with van der Waals surface area (Å²) in [5.74, 6) is -0.302. The summed E-state index contributed by atoms with van der Waals surface area (Å²) in [7, 11) is 0. The van der Waals surface area contributed by atoms with Crippen LogP contribution in [0.4, 0.5) is 5.13 Å². The number of nitrogens with one attached hydrogen (secondary N) is 1. The van der Waals surface area contributed by atoms with E-state index in [1.165, 1.54) is 11.3 Å². The zero-order chi connectivity index (χ0) is 21.5. The maximum Gasteiger partial charge on any atom is 0.253 e. The Kier molecular flexibility index (Phi) is 7.95. The molecular weight excluding hydrogens is 488 g/mol. The fourth-order valence-corrected chi connectivity index (χ4v) is 4.08. The van der Waals surface area contributed by atoms with Crippen molar-refractivity contribution in [3.63, 3.8) is 0 Å². The molecule has 0 atom stereocenters. The van der Waals surface area contributed by atoms with E-state index < -0.39 is 0 Å². The van der Waals surface area contributed by atoms with Gasteiger partial charge >= 0.3 is 0 Å². The van der Waals surface area contributed by atoms with Crippen molar-refractivity contribution in [1.29, 1.82) is 0 Å². The van der Waals surface area contributed by atoms with Crippen molar-refractivity contribution in [2.45, 2.75) is 19.8 Å². The number of rotatable bonds is 8. The first kappa shape index (κ1) is 22.4. The first-order valence-corrected chi connectivity index (χ1v) is 11.4. The molecule has 0 bridgehead atoms. The summed E-state index contributed by atoms with van der Waals surface area (Å²) in [6, 6.07) is 14.5. The third-order valence-electron chi connectivity index (χ3n) is 4.22. The largest absolute Gasteiger partial charge is 0.338 e. The predicted molar refractivity (Wildman–Crippen MR) is 124 cm³/mol. The zero-order valence-corrected chi connectivity index (χ0v) is 19.4. The van der Waals surface area contributed by atoms with Crippen molar-refractivity contribution in [1.82, 2.24) is 15.1 Å². The first-order valence-electron chi connectivity index (χ1n) is 9.40. The van der Waals surface area contributed by atoms with Gasteiger partial charge < -0.3 is 10.2 Å².